The van der Waals surface area contributed by atoms with Crippen molar-refractivity contribution in [1.82, 2.24) is 0 Å². The third kappa shape index (κ3) is 7.20. The van der Waals surface area contributed by atoms with Gasteiger partial charge in [-0.3, -0.25) is 0 Å². The number of rotatable bonds is 6. The normalized spacial score (nSPS) is 10.4. The Morgan fingerprint density at radius 1 is 0.300 bits per heavy atom. The van der Waals surface area contributed by atoms with E-state index < -0.39 is 17.5 Å². The Morgan fingerprint density at radius 2 is 0.567 bits per heavy atom. The molecule has 7 aromatic rings. The van der Waals surface area contributed by atoms with Crippen LogP contribution in [0.5, 0.6) is 0 Å². The molecule has 0 amide bonds. The molecule has 282 valence electrons. The smallest absolute Gasteiger partial charge is 0.148 e. The molecule has 0 bridgehead atoms. The van der Waals surface area contributed by atoms with Crippen LogP contribution in [-0.2, 0) is 0 Å². The van der Waals surface area contributed by atoms with E-state index in [1.807, 2.05) is 93.6 Å². The topological polar surface area (TPSA) is 143 Å². The number of nitrogens with zero attached hydrogens (tertiary/aromatic N) is 6. The zero-order chi connectivity index (χ0) is 42.8. The predicted octanol–water partition coefficient (Wildman–Crippen LogP) is 12.3. The van der Waals surface area contributed by atoms with E-state index in [-0.39, 0.29) is 50.1 Å². The minimum Gasteiger partial charge on any atom is -0.205 e. The Kier molecular flexibility index (Phi) is 10.5. The maximum atomic E-state index is 15.7. The highest BCUT2D eigenvalue weighted by Crippen LogP contribution is 2.41. The van der Waals surface area contributed by atoms with Crippen molar-refractivity contribution < 1.29 is 13.2 Å². The van der Waals surface area contributed by atoms with Crippen LogP contribution in [0.25, 0.3) is 66.8 Å². The number of benzene rings is 7. The second-order valence-corrected chi connectivity index (χ2v) is 14.2. The molecule has 9 heteroatoms. The molecule has 6 nitrogen and oxygen atoms in total. The zero-order valence-corrected chi connectivity index (χ0v) is 32.2. The van der Waals surface area contributed by atoms with Gasteiger partial charge in [0.2, 0.25) is 0 Å². The van der Waals surface area contributed by atoms with E-state index in [9.17, 15) is 31.6 Å². The lowest BCUT2D eigenvalue weighted by atomic mass is 9.86. The van der Waals surface area contributed by atoms with Crippen molar-refractivity contribution in [3.63, 3.8) is 0 Å². The van der Waals surface area contributed by atoms with Gasteiger partial charge >= 0.3 is 0 Å². The largest absolute Gasteiger partial charge is 0.205 e. The molecule has 0 radical (unpaired) electrons. The van der Waals surface area contributed by atoms with E-state index in [0.717, 1.165) is 16.7 Å². The van der Waals surface area contributed by atoms with Crippen molar-refractivity contribution in [2.24, 2.45) is 0 Å². The van der Waals surface area contributed by atoms with Gasteiger partial charge in [0.1, 0.15) is 35.7 Å². The average molecular weight is 781 g/mol. The number of nitriles is 6. The monoisotopic (exact) mass is 780 g/mol. The Morgan fingerprint density at radius 3 is 0.800 bits per heavy atom. The summed E-state index contributed by atoms with van der Waals surface area (Å²) in [5.41, 5.74) is 7.63. The quantitative estimate of drug-likeness (QED) is 0.164. The van der Waals surface area contributed by atoms with E-state index in [1.165, 1.54) is 36.4 Å². The van der Waals surface area contributed by atoms with Gasteiger partial charge in [-0.05, 0) is 160 Å². The number of hydrogen-bond donors (Lipinski definition) is 0. The van der Waals surface area contributed by atoms with Crippen LogP contribution in [0.15, 0.2) is 109 Å². The molecule has 60 heavy (non-hydrogen) atoms. The summed E-state index contributed by atoms with van der Waals surface area (Å²) in [7, 11) is 0. The van der Waals surface area contributed by atoms with Gasteiger partial charge in [0.25, 0.3) is 0 Å². The lowest BCUT2D eigenvalue weighted by Crippen LogP contribution is -1.96. The first-order chi connectivity index (χ1) is 28.9. The first kappa shape index (κ1) is 39.5. The first-order valence-electron chi connectivity index (χ1n) is 18.3. The van der Waals surface area contributed by atoms with Crippen molar-refractivity contribution in [2.75, 3.05) is 0 Å². The van der Waals surface area contributed by atoms with Gasteiger partial charge in [-0.1, -0.05) is 36.4 Å². The fourth-order valence-corrected chi connectivity index (χ4v) is 7.34. The van der Waals surface area contributed by atoms with Crippen LogP contribution in [0.2, 0.25) is 0 Å². The SMILES string of the molecule is Cc1ccc(-c2cc(C#N)cc(C#N)c2F)cc1-c1cc(-c2cc(-c3cc(C#N)cc(C#N)c3F)ccc2C)cc(-c2cc(-c3cc(C#N)cc(C#N)c3F)ccc2C)c1. The van der Waals surface area contributed by atoms with Gasteiger partial charge in [-0.2, -0.15) is 31.6 Å². The summed E-state index contributed by atoms with van der Waals surface area (Å²) in [5.74, 6) is -2.29. The highest BCUT2D eigenvalue weighted by atomic mass is 19.1. The van der Waals surface area contributed by atoms with Gasteiger partial charge in [0, 0.05) is 16.7 Å². The second-order valence-electron chi connectivity index (χ2n) is 14.2. The molecule has 0 aliphatic heterocycles. The number of halogens is 3. The molecule has 0 saturated heterocycles. The second kappa shape index (κ2) is 16.0. The summed E-state index contributed by atoms with van der Waals surface area (Å²) in [6.45, 7) is 5.67. The lowest BCUT2D eigenvalue weighted by molar-refractivity contribution is 0.627. The third-order valence-corrected chi connectivity index (χ3v) is 10.5. The van der Waals surface area contributed by atoms with E-state index in [2.05, 4.69) is 0 Å². The Labute approximate surface area is 344 Å². The lowest BCUT2D eigenvalue weighted by Gasteiger charge is -2.18. The van der Waals surface area contributed by atoms with Crippen molar-refractivity contribution in [2.45, 2.75) is 20.8 Å². The fourth-order valence-electron chi connectivity index (χ4n) is 7.34. The van der Waals surface area contributed by atoms with Crippen molar-refractivity contribution in [3.05, 3.63) is 177 Å². The minimum atomic E-state index is -0.764. The summed E-state index contributed by atoms with van der Waals surface area (Å²) >= 11 is 0. The van der Waals surface area contributed by atoms with Crippen LogP contribution in [0.3, 0.4) is 0 Å². The first-order valence-corrected chi connectivity index (χ1v) is 18.3. The van der Waals surface area contributed by atoms with E-state index in [0.29, 0.717) is 50.1 Å². The van der Waals surface area contributed by atoms with E-state index in [4.69, 9.17) is 0 Å². The summed E-state index contributed by atoms with van der Waals surface area (Å²) in [6.07, 6.45) is 0. The molecular formula is C51H27F3N6. The molecule has 0 spiro atoms. The Hall–Kier alpha value is -8.73. The maximum Gasteiger partial charge on any atom is 0.148 e. The highest BCUT2D eigenvalue weighted by molar-refractivity contribution is 5.88. The number of hydrogen-bond acceptors (Lipinski definition) is 6. The Bertz CT molecular complexity index is 2890. The molecule has 7 rings (SSSR count). The van der Waals surface area contributed by atoms with Crippen LogP contribution >= 0.6 is 0 Å². The molecule has 0 unspecified atom stereocenters. The molecule has 7 aromatic carbocycles. The highest BCUT2D eigenvalue weighted by Gasteiger charge is 2.20. The molecule has 0 aliphatic rings. The molecule has 0 aliphatic carbocycles. The summed E-state index contributed by atoms with van der Waals surface area (Å²) in [4.78, 5) is 0. The molecular weight excluding hydrogens is 754 g/mol. The van der Waals surface area contributed by atoms with Crippen molar-refractivity contribution >= 4 is 0 Å². The van der Waals surface area contributed by atoms with Gasteiger partial charge < -0.3 is 0 Å². The van der Waals surface area contributed by atoms with Crippen LogP contribution < -0.4 is 0 Å². The van der Waals surface area contributed by atoms with Crippen molar-refractivity contribution in [3.8, 4) is 103 Å². The van der Waals surface area contributed by atoms with Crippen LogP contribution in [-0.4, -0.2) is 0 Å². The van der Waals surface area contributed by atoms with Gasteiger partial charge in [0.05, 0.1) is 51.6 Å². The predicted molar refractivity (Wildman–Crippen MR) is 221 cm³/mol. The van der Waals surface area contributed by atoms with Crippen molar-refractivity contribution in [1.29, 1.82) is 31.6 Å². The summed E-state index contributed by atoms with van der Waals surface area (Å²) < 4.78 is 47.1. The standard InChI is InChI=1S/C51H27F3N6/c1-28-4-7-34(46-13-31(22-55)10-40(25-58)49(46)52)19-43(28)37-16-38(44-20-35(8-5-29(44)2)47-14-32(23-56)11-41(26-59)50(47)53)18-39(17-37)45-21-36(9-6-30(45)3)48-15-33(24-57)12-42(27-60)51(48)54/h4-21H,1-3H3. The van der Waals surface area contributed by atoms with Crippen LogP contribution in [0, 0.1) is 106 Å². The average Bonchev–Trinajstić information content (AvgIpc) is 3.27. The van der Waals surface area contributed by atoms with Crippen LogP contribution in [0.1, 0.15) is 50.1 Å². The van der Waals surface area contributed by atoms with Gasteiger partial charge in [-0.25, -0.2) is 13.2 Å². The van der Waals surface area contributed by atoms with Gasteiger partial charge in [0.15, 0.2) is 0 Å². The summed E-state index contributed by atoms with van der Waals surface area (Å²) in [5, 5.41) is 57.9. The molecule has 0 fully saturated rings. The van der Waals surface area contributed by atoms with E-state index in [1.54, 1.807) is 36.4 Å². The molecule has 0 aromatic heterocycles. The maximum absolute atomic E-state index is 15.7. The molecule has 0 heterocycles. The number of aryl methyl sites for hydroxylation is 3. The molecule has 0 atom stereocenters. The minimum absolute atomic E-state index is 0.0760. The molecule has 0 N–H and O–H groups in total. The summed E-state index contributed by atoms with van der Waals surface area (Å²) in [6, 6.07) is 41.0. The van der Waals surface area contributed by atoms with Crippen LogP contribution in [0.4, 0.5) is 13.2 Å². The van der Waals surface area contributed by atoms with Gasteiger partial charge in [-0.15, -0.1) is 0 Å². The Balaban J connectivity index is 1.51. The van der Waals surface area contributed by atoms with E-state index >= 15 is 13.2 Å². The third-order valence-electron chi connectivity index (χ3n) is 10.5. The zero-order valence-electron chi connectivity index (χ0n) is 32.2. The molecule has 0 saturated carbocycles. The fraction of sp³-hybridized carbons (Fsp3) is 0.0588.